The second-order valence-electron chi connectivity index (χ2n) is 4.31. The molecule has 0 aliphatic carbocycles. The summed E-state index contributed by atoms with van der Waals surface area (Å²) in [6.45, 7) is 1.36. The smallest absolute Gasteiger partial charge is 0.261 e. The van der Waals surface area contributed by atoms with E-state index >= 15 is 0 Å². The molecule has 110 valence electrons. The number of carbonyl (C=O) groups is 1. The average molecular weight is 372 g/mol. The topological polar surface area (TPSA) is 63.2 Å². The van der Waals surface area contributed by atoms with Gasteiger partial charge in [0.15, 0.2) is 5.78 Å². The fourth-order valence-corrected chi connectivity index (χ4v) is 3.36. The van der Waals surface area contributed by atoms with E-state index in [-0.39, 0.29) is 20.8 Å². The van der Waals surface area contributed by atoms with E-state index in [2.05, 4.69) is 20.7 Å². The van der Waals surface area contributed by atoms with Gasteiger partial charge >= 0.3 is 0 Å². The van der Waals surface area contributed by atoms with E-state index in [1.807, 2.05) is 0 Å². The Morgan fingerprint density at radius 2 is 1.90 bits per heavy atom. The van der Waals surface area contributed by atoms with Crippen molar-refractivity contribution in [1.82, 2.24) is 0 Å². The largest absolute Gasteiger partial charge is 0.295 e. The van der Waals surface area contributed by atoms with Gasteiger partial charge in [0.2, 0.25) is 0 Å². The van der Waals surface area contributed by atoms with Gasteiger partial charge in [-0.2, -0.15) is 0 Å². The number of Topliss-reactive ketones (excluding diaryl/α,β-unsaturated/α-hetero) is 1. The first kappa shape index (κ1) is 15.7. The van der Waals surface area contributed by atoms with Crippen LogP contribution in [0.4, 0.5) is 10.1 Å². The normalized spacial score (nSPS) is 11.2. The van der Waals surface area contributed by atoms with E-state index in [1.165, 1.54) is 37.3 Å². The molecule has 0 fully saturated rings. The molecule has 2 aromatic carbocycles. The molecule has 0 atom stereocenters. The van der Waals surface area contributed by atoms with Crippen LogP contribution in [0.15, 0.2) is 51.8 Å². The van der Waals surface area contributed by atoms with E-state index in [0.717, 1.165) is 12.1 Å². The Morgan fingerprint density at radius 1 is 1.19 bits per heavy atom. The number of ketones is 1. The number of hydrogen-bond donors (Lipinski definition) is 1. The van der Waals surface area contributed by atoms with Gasteiger partial charge < -0.3 is 0 Å². The van der Waals surface area contributed by atoms with Crippen LogP contribution in [0.3, 0.4) is 0 Å². The zero-order valence-corrected chi connectivity index (χ0v) is 13.3. The van der Waals surface area contributed by atoms with Crippen molar-refractivity contribution in [3.05, 3.63) is 58.3 Å². The summed E-state index contributed by atoms with van der Waals surface area (Å²) in [4.78, 5) is 11.3. The monoisotopic (exact) mass is 371 g/mol. The summed E-state index contributed by atoms with van der Waals surface area (Å²) in [5, 5.41) is 0. The first-order valence-electron chi connectivity index (χ1n) is 5.88. The minimum Gasteiger partial charge on any atom is -0.295 e. The summed E-state index contributed by atoms with van der Waals surface area (Å²) >= 11 is 3.09. The summed E-state index contributed by atoms with van der Waals surface area (Å²) in [6, 6.07) is 9.32. The fraction of sp³-hybridized carbons (Fsp3) is 0.0714. The van der Waals surface area contributed by atoms with Crippen LogP contribution in [-0.4, -0.2) is 14.2 Å². The molecule has 21 heavy (non-hydrogen) atoms. The molecule has 0 bridgehead atoms. The van der Waals surface area contributed by atoms with E-state index < -0.39 is 15.8 Å². The highest BCUT2D eigenvalue weighted by molar-refractivity contribution is 9.10. The second-order valence-corrected chi connectivity index (χ2v) is 6.85. The van der Waals surface area contributed by atoms with E-state index in [0.29, 0.717) is 5.56 Å². The molecule has 4 nitrogen and oxygen atoms in total. The molecule has 0 spiro atoms. The molecule has 0 unspecified atom stereocenters. The van der Waals surface area contributed by atoms with Crippen LogP contribution in [0, 0.1) is 5.82 Å². The minimum atomic E-state index is -3.86. The lowest BCUT2D eigenvalue weighted by atomic mass is 10.2. The van der Waals surface area contributed by atoms with Crippen molar-refractivity contribution in [3.8, 4) is 0 Å². The van der Waals surface area contributed by atoms with Gasteiger partial charge in [-0.15, -0.1) is 0 Å². The van der Waals surface area contributed by atoms with Gasteiger partial charge in [0, 0.05) is 10.0 Å². The average Bonchev–Trinajstić information content (AvgIpc) is 2.42. The number of sulfonamides is 1. The van der Waals surface area contributed by atoms with Crippen LogP contribution in [0.25, 0.3) is 0 Å². The van der Waals surface area contributed by atoms with Crippen LogP contribution in [0.1, 0.15) is 17.3 Å². The van der Waals surface area contributed by atoms with Gasteiger partial charge in [-0.3, -0.25) is 9.52 Å². The highest BCUT2D eigenvalue weighted by atomic mass is 79.9. The van der Waals surface area contributed by atoms with Crippen molar-refractivity contribution in [2.24, 2.45) is 0 Å². The van der Waals surface area contributed by atoms with E-state index in [4.69, 9.17) is 0 Å². The van der Waals surface area contributed by atoms with Crippen LogP contribution in [0.2, 0.25) is 0 Å². The molecule has 0 amide bonds. The lowest BCUT2D eigenvalue weighted by Gasteiger charge is -2.10. The first-order valence-corrected chi connectivity index (χ1v) is 8.16. The molecule has 7 heteroatoms. The number of carbonyl (C=O) groups excluding carboxylic acids is 1. The molecular weight excluding hydrogens is 361 g/mol. The fourth-order valence-electron chi connectivity index (χ4n) is 1.66. The SMILES string of the molecule is CC(=O)c1cccc(S(=O)(=O)Nc2ccc(F)cc2Br)c1. The van der Waals surface area contributed by atoms with Crippen LogP contribution in [0.5, 0.6) is 0 Å². The molecule has 0 saturated carbocycles. The molecule has 0 aliphatic heterocycles. The molecule has 0 aromatic heterocycles. The summed E-state index contributed by atoms with van der Waals surface area (Å²) in [5.41, 5.74) is 0.515. The number of anilines is 1. The Hall–Kier alpha value is -1.73. The van der Waals surface area contributed by atoms with E-state index in [1.54, 1.807) is 0 Å². The highest BCUT2D eigenvalue weighted by Crippen LogP contribution is 2.26. The molecule has 0 heterocycles. The number of hydrogen-bond acceptors (Lipinski definition) is 3. The summed E-state index contributed by atoms with van der Waals surface area (Å²) < 4.78 is 40.2. The van der Waals surface area contributed by atoms with Crippen molar-refractivity contribution in [2.45, 2.75) is 11.8 Å². The van der Waals surface area contributed by atoms with Crippen molar-refractivity contribution in [2.75, 3.05) is 4.72 Å². The Bertz CT molecular complexity index is 806. The molecule has 0 saturated heterocycles. The van der Waals surface area contributed by atoms with Gasteiger partial charge in [0.05, 0.1) is 10.6 Å². The van der Waals surface area contributed by atoms with Gasteiger partial charge in [0.1, 0.15) is 5.82 Å². The first-order chi connectivity index (χ1) is 9.79. The van der Waals surface area contributed by atoms with Gasteiger partial charge in [-0.1, -0.05) is 12.1 Å². The molecule has 0 radical (unpaired) electrons. The summed E-state index contributed by atoms with van der Waals surface area (Å²) in [7, 11) is -3.86. The second kappa shape index (κ2) is 5.95. The van der Waals surface area contributed by atoms with Crippen molar-refractivity contribution >= 4 is 37.4 Å². The minimum absolute atomic E-state index is 0.0357. The Labute approximate surface area is 130 Å². The molecule has 2 aromatic rings. The van der Waals surface area contributed by atoms with Gasteiger partial charge in [0.25, 0.3) is 10.0 Å². The third-order valence-electron chi connectivity index (χ3n) is 2.73. The molecule has 0 aliphatic rings. The lowest BCUT2D eigenvalue weighted by Crippen LogP contribution is -2.14. The lowest BCUT2D eigenvalue weighted by molar-refractivity contribution is 0.101. The number of halogens is 2. The number of nitrogens with one attached hydrogen (secondary N) is 1. The van der Waals surface area contributed by atoms with E-state index in [9.17, 15) is 17.6 Å². The quantitative estimate of drug-likeness (QED) is 0.835. The van der Waals surface area contributed by atoms with Crippen LogP contribution >= 0.6 is 15.9 Å². The van der Waals surface area contributed by atoms with Crippen molar-refractivity contribution in [3.63, 3.8) is 0 Å². The maximum atomic E-state index is 13.0. The van der Waals surface area contributed by atoms with Gasteiger partial charge in [-0.25, -0.2) is 12.8 Å². The standard InChI is InChI=1S/C14H11BrFNO3S/c1-9(18)10-3-2-4-12(7-10)21(19,20)17-14-6-5-11(16)8-13(14)15/h2-8,17H,1H3. The Balaban J connectivity index is 2.38. The summed E-state index contributed by atoms with van der Waals surface area (Å²) in [5.74, 6) is -0.710. The maximum Gasteiger partial charge on any atom is 0.261 e. The highest BCUT2D eigenvalue weighted by Gasteiger charge is 2.17. The number of rotatable bonds is 4. The zero-order valence-electron chi connectivity index (χ0n) is 10.9. The van der Waals surface area contributed by atoms with Crippen LogP contribution in [-0.2, 0) is 10.0 Å². The predicted octanol–water partition coefficient (Wildman–Crippen LogP) is 3.59. The molecule has 2 rings (SSSR count). The maximum absolute atomic E-state index is 13.0. The van der Waals surface area contributed by atoms with Crippen LogP contribution < -0.4 is 4.72 Å². The van der Waals surface area contributed by atoms with Gasteiger partial charge in [-0.05, 0) is 53.2 Å². The summed E-state index contributed by atoms with van der Waals surface area (Å²) in [6.07, 6.45) is 0. The third-order valence-corrected chi connectivity index (χ3v) is 4.75. The Morgan fingerprint density at radius 3 is 2.52 bits per heavy atom. The molecular formula is C14H11BrFNO3S. The predicted molar refractivity (Wildman–Crippen MR) is 81.4 cm³/mol. The third kappa shape index (κ3) is 3.68. The van der Waals surface area contributed by atoms with Crippen molar-refractivity contribution < 1.29 is 17.6 Å². The van der Waals surface area contributed by atoms with Crippen molar-refractivity contribution in [1.29, 1.82) is 0 Å². The number of benzene rings is 2. The molecule has 1 N–H and O–H groups in total. The Kier molecular flexibility index (Phi) is 4.43. The zero-order chi connectivity index (χ0) is 15.6.